The number of hydrogen-bond donors (Lipinski definition) is 4. The Hall–Kier alpha value is -3.17. The number of carbonyl (C=O) groups is 6. The molecule has 12 nitrogen and oxygen atoms in total. The largest absolute Gasteiger partial charge is 0.469 e. The summed E-state index contributed by atoms with van der Waals surface area (Å²) in [5, 5.41) is 10.9. The molecule has 0 aliphatic carbocycles. The molecule has 0 fully saturated rings. The lowest BCUT2D eigenvalue weighted by molar-refractivity contribution is -0.155. The molecular weight excluding hydrogens is 677 g/mol. The summed E-state index contributed by atoms with van der Waals surface area (Å²) in [7, 11) is 1.27. The fourth-order valence-corrected chi connectivity index (χ4v) is 5.87. The fraction of sp³-hybridized carbons (Fsp3) is 0.606. The van der Waals surface area contributed by atoms with Gasteiger partial charge >= 0.3 is 11.9 Å². The molecule has 3 amide bonds. The number of carbonyl (C=O) groups excluding carboxylic acids is 6. The third kappa shape index (κ3) is 17.3. The van der Waals surface area contributed by atoms with Crippen LogP contribution in [0.3, 0.4) is 0 Å². The second-order valence-corrected chi connectivity index (χ2v) is 14.9. The van der Waals surface area contributed by atoms with E-state index in [1.165, 1.54) is 25.8 Å². The minimum absolute atomic E-state index is 0.00731. The Bertz CT molecular complexity index is 1260. The lowest BCUT2D eigenvalue weighted by Crippen LogP contribution is -2.59. The number of thioether (sulfide) groups is 2. The van der Waals surface area contributed by atoms with Crippen LogP contribution in [0.2, 0.25) is 0 Å². The second kappa shape index (κ2) is 21.7. The van der Waals surface area contributed by atoms with E-state index in [1.807, 2.05) is 36.6 Å². The molecule has 0 unspecified atom stereocenters. The molecule has 0 bridgehead atoms. The Morgan fingerprint density at radius 2 is 1.48 bits per heavy atom. The van der Waals surface area contributed by atoms with E-state index < -0.39 is 53.5 Å². The van der Waals surface area contributed by atoms with E-state index in [2.05, 4.69) is 26.0 Å². The van der Waals surface area contributed by atoms with Gasteiger partial charge in [-0.1, -0.05) is 68.2 Å². The predicted molar refractivity (Wildman–Crippen MR) is 194 cm³/mol. The van der Waals surface area contributed by atoms with E-state index in [0.29, 0.717) is 12.2 Å². The highest BCUT2D eigenvalue weighted by Crippen LogP contribution is 2.15. The first-order chi connectivity index (χ1) is 22.5. The van der Waals surface area contributed by atoms with E-state index in [-0.39, 0.29) is 46.9 Å². The monoisotopic (exact) mass is 726 g/mol. The van der Waals surface area contributed by atoms with Crippen LogP contribution in [0.1, 0.15) is 66.4 Å². The molecule has 15 heteroatoms. The summed E-state index contributed by atoms with van der Waals surface area (Å²) in [6.45, 7) is 10.0. The number of benzene rings is 1. The summed E-state index contributed by atoms with van der Waals surface area (Å²) in [6, 6.07) is 5.37. The average Bonchev–Trinajstić information content (AvgIpc) is 2.99. The molecule has 0 aliphatic rings. The van der Waals surface area contributed by atoms with E-state index in [4.69, 9.17) is 17.0 Å². The van der Waals surface area contributed by atoms with E-state index >= 15 is 0 Å². The number of methoxy groups -OCH3 is 1. The number of thiocarbonyl (C=S) groups is 1. The zero-order valence-corrected chi connectivity index (χ0v) is 31.5. The Kier molecular flexibility index (Phi) is 19.4. The molecule has 268 valence electrons. The van der Waals surface area contributed by atoms with Gasteiger partial charge < -0.3 is 30.7 Å². The molecule has 4 N–H and O–H groups in total. The molecule has 48 heavy (non-hydrogen) atoms. The zero-order chi connectivity index (χ0) is 36.4. The van der Waals surface area contributed by atoms with E-state index in [9.17, 15) is 28.8 Å². The van der Waals surface area contributed by atoms with Gasteiger partial charge in [-0.25, -0.2) is 0 Å². The zero-order valence-electron chi connectivity index (χ0n) is 29.0. The average molecular weight is 727 g/mol. The molecule has 0 heterocycles. The third-order valence-electron chi connectivity index (χ3n) is 6.64. The Morgan fingerprint density at radius 3 is 2.02 bits per heavy atom. The highest BCUT2D eigenvalue weighted by Gasteiger charge is 2.33. The molecule has 0 spiro atoms. The van der Waals surface area contributed by atoms with Crippen LogP contribution in [0.5, 0.6) is 0 Å². The van der Waals surface area contributed by atoms with Crippen LogP contribution >= 0.6 is 35.7 Å². The van der Waals surface area contributed by atoms with E-state index in [1.54, 1.807) is 34.6 Å². The van der Waals surface area contributed by atoms with Crippen molar-refractivity contribution in [2.24, 2.45) is 5.92 Å². The topological polar surface area (TPSA) is 169 Å². The maximum Gasteiger partial charge on any atom is 0.308 e. The van der Waals surface area contributed by atoms with Crippen molar-refractivity contribution in [1.29, 1.82) is 0 Å². The third-order valence-corrected chi connectivity index (χ3v) is 8.66. The molecule has 1 aromatic rings. The smallest absolute Gasteiger partial charge is 0.308 e. The van der Waals surface area contributed by atoms with Crippen LogP contribution in [0.4, 0.5) is 0 Å². The maximum absolute atomic E-state index is 13.8. The summed E-state index contributed by atoms with van der Waals surface area (Å²) in [4.78, 5) is 76.7. The van der Waals surface area contributed by atoms with Crippen molar-refractivity contribution in [2.75, 3.05) is 24.9 Å². The van der Waals surface area contributed by atoms with Crippen LogP contribution < -0.4 is 21.3 Å². The molecule has 1 rings (SSSR count). The Morgan fingerprint density at radius 1 is 0.854 bits per heavy atom. The number of rotatable bonds is 19. The molecule has 0 radical (unpaired) electrons. The van der Waals surface area contributed by atoms with Gasteiger partial charge in [0.15, 0.2) is 0 Å². The standard InChI is InChI=1S/C33H50N4O8S3/c1-20(2)28(30(42)36-25(18-22-12-10-9-11-13-22)32(43)48-17-15-26(39)44-7)37-31(46)24(19-27(40)45-33(4,5)6)35-29(41)23(14-16-47-8)34-21(3)38/h9-13,20,23-25,28H,14-19H2,1-8H3,(H,34,38)(H,35,41)(H,36,42)(H,37,46)/t23-,24-,25-,28-/m0/s1. The van der Waals surface area contributed by atoms with Crippen molar-refractivity contribution >= 4 is 75.5 Å². The first-order valence-electron chi connectivity index (χ1n) is 15.6. The minimum Gasteiger partial charge on any atom is -0.469 e. The second-order valence-electron chi connectivity index (χ2n) is 12.4. The summed E-state index contributed by atoms with van der Waals surface area (Å²) in [6.07, 6.45) is 2.14. The van der Waals surface area contributed by atoms with Crippen molar-refractivity contribution in [1.82, 2.24) is 21.3 Å². The van der Waals surface area contributed by atoms with Crippen molar-refractivity contribution in [2.45, 2.75) is 97.0 Å². The van der Waals surface area contributed by atoms with Crippen molar-refractivity contribution in [3.8, 4) is 0 Å². The summed E-state index contributed by atoms with van der Waals surface area (Å²) >= 11 is 8.11. The van der Waals surface area contributed by atoms with Crippen LogP contribution in [0.25, 0.3) is 0 Å². The van der Waals surface area contributed by atoms with Crippen molar-refractivity contribution in [3.05, 3.63) is 35.9 Å². The molecule has 0 aliphatic heterocycles. The van der Waals surface area contributed by atoms with Gasteiger partial charge in [-0.15, -0.1) is 0 Å². The Labute approximate surface area is 297 Å². The van der Waals surface area contributed by atoms with Gasteiger partial charge in [-0.05, 0) is 50.7 Å². The number of nitrogens with one attached hydrogen (secondary N) is 4. The van der Waals surface area contributed by atoms with Gasteiger partial charge in [-0.3, -0.25) is 28.8 Å². The first-order valence-corrected chi connectivity index (χ1v) is 18.4. The van der Waals surface area contributed by atoms with Crippen LogP contribution in [0.15, 0.2) is 30.3 Å². The molecule has 0 saturated carbocycles. The number of ether oxygens (including phenoxy) is 2. The SMILES string of the molecule is COC(=O)CCSC(=O)[C@H](Cc1ccccc1)NC(=O)[C@@H](NC(=S)[C@H](CC(=O)OC(C)(C)C)NC(=O)[C@H](CCSC)NC(C)=O)C(C)C. The molecule has 0 saturated heterocycles. The number of esters is 2. The highest BCUT2D eigenvalue weighted by molar-refractivity contribution is 8.13. The summed E-state index contributed by atoms with van der Waals surface area (Å²) < 4.78 is 10.1. The van der Waals surface area contributed by atoms with Crippen molar-refractivity contribution in [3.63, 3.8) is 0 Å². The summed E-state index contributed by atoms with van der Waals surface area (Å²) in [5.74, 6) is -2.08. The van der Waals surface area contributed by atoms with Gasteiger partial charge in [0.05, 0.1) is 31.0 Å². The van der Waals surface area contributed by atoms with Gasteiger partial charge in [0.2, 0.25) is 22.8 Å². The maximum atomic E-state index is 13.8. The normalized spacial score (nSPS) is 13.7. The number of amides is 3. The van der Waals surface area contributed by atoms with Gasteiger partial charge in [-0.2, -0.15) is 11.8 Å². The van der Waals surface area contributed by atoms with Gasteiger partial charge in [0.1, 0.15) is 23.7 Å². The van der Waals surface area contributed by atoms with Crippen LogP contribution in [-0.4, -0.2) is 94.4 Å². The first kappa shape index (κ1) is 42.9. The fourth-order valence-electron chi connectivity index (χ4n) is 4.31. The highest BCUT2D eigenvalue weighted by atomic mass is 32.2. The molecule has 0 aromatic heterocycles. The lowest BCUT2D eigenvalue weighted by atomic mass is 10.0. The molecule has 1 aromatic carbocycles. The Balaban J connectivity index is 3.26. The van der Waals surface area contributed by atoms with E-state index in [0.717, 1.165) is 17.3 Å². The van der Waals surface area contributed by atoms with Crippen LogP contribution in [-0.2, 0) is 44.7 Å². The summed E-state index contributed by atoms with van der Waals surface area (Å²) in [5.41, 5.74) is 0.0254. The predicted octanol–water partition coefficient (Wildman–Crippen LogP) is 2.95. The lowest BCUT2D eigenvalue weighted by Gasteiger charge is -2.30. The van der Waals surface area contributed by atoms with Crippen LogP contribution in [0, 0.1) is 5.92 Å². The molecular formula is C33H50N4O8S3. The number of hydrogen-bond acceptors (Lipinski definition) is 11. The molecule has 4 atom stereocenters. The van der Waals surface area contributed by atoms with Gasteiger partial charge in [0, 0.05) is 19.1 Å². The van der Waals surface area contributed by atoms with Gasteiger partial charge in [0.25, 0.3) is 0 Å². The minimum atomic E-state index is -1.07. The quantitative estimate of drug-likeness (QED) is 0.122. The van der Waals surface area contributed by atoms with Crippen molar-refractivity contribution < 1.29 is 38.2 Å².